The molecule has 0 aliphatic carbocycles. The lowest BCUT2D eigenvalue weighted by molar-refractivity contribution is -0.137. The molecule has 0 aliphatic heterocycles. The van der Waals surface area contributed by atoms with E-state index in [9.17, 15) is 9.18 Å². The first-order valence-corrected chi connectivity index (χ1v) is 4.44. The van der Waals surface area contributed by atoms with E-state index in [0.717, 1.165) is 0 Å². The molecule has 0 saturated carbocycles. The second-order valence-electron chi connectivity index (χ2n) is 3.10. The normalized spacial score (nSPS) is 12.1. The number of carboxylic acid groups (broad SMARTS) is 1. The molecule has 0 aliphatic rings. The average molecular weight is 213 g/mol. The molecular formula is C10H12FNO3. The summed E-state index contributed by atoms with van der Waals surface area (Å²) < 4.78 is 18.1. The molecule has 15 heavy (non-hydrogen) atoms. The Hall–Kier alpha value is -1.62. The van der Waals surface area contributed by atoms with Crippen LogP contribution in [0.15, 0.2) is 24.3 Å². The summed E-state index contributed by atoms with van der Waals surface area (Å²) in [5.74, 6) is -1.40. The Morgan fingerprint density at radius 3 is 2.80 bits per heavy atom. The van der Waals surface area contributed by atoms with Gasteiger partial charge in [0.05, 0.1) is 6.42 Å². The van der Waals surface area contributed by atoms with E-state index in [1.54, 1.807) is 12.1 Å². The van der Waals surface area contributed by atoms with Crippen molar-refractivity contribution in [3.8, 4) is 5.75 Å². The van der Waals surface area contributed by atoms with E-state index in [2.05, 4.69) is 0 Å². The van der Waals surface area contributed by atoms with Crippen molar-refractivity contribution in [3.05, 3.63) is 30.1 Å². The highest BCUT2D eigenvalue weighted by Gasteiger charge is 2.09. The van der Waals surface area contributed by atoms with E-state index in [1.165, 1.54) is 12.1 Å². The molecule has 1 unspecified atom stereocenters. The fourth-order valence-corrected chi connectivity index (χ4v) is 1.04. The molecule has 0 saturated heterocycles. The molecule has 0 heterocycles. The number of hydrogen-bond donors (Lipinski definition) is 2. The monoisotopic (exact) mass is 213 g/mol. The Morgan fingerprint density at radius 2 is 2.20 bits per heavy atom. The number of hydrogen-bond acceptors (Lipinski definition) is 3. The summed E-state index contributed by atoms with van der Waals surface area (Å²) in [6, 6.07) is 5.25. The fourth-order valence-electron chi connectivity index (χ4n) is 1.04. The van der Waals surface area contributed by atoms with Gasteiger partial charge < -0.3 is 15.6 Å². The van der Waals surface area contributed by atoms with Crippen LogP contribution >= 0.6 is 0 Å². The van der Waals surface area contributed by atoms with E-state index in [0.29, 0.717) is 0 Å². The first kappa shape index (κ1) is 11.5. The van der Waals surface area contributed by atoms with E-state index < -0.39 is 17.8 Å². The lowest BCUT2D eigenvalue weighted by atomic mass is 10.2. The van der Waals surface area contributed by atoms with Crippen LogP contribution in [0.25, 0.3) is 0 Å². The zero-order valence-electron chi connectivity index (χ0n) is 8.02. The number of carboxylic acids is 1. The van der Waals surface area contributed by atoms with Crippen LogP contribution in [0.5, 0.6) is 5.75 Å². The maximum Gasteiger partial charge on any atom is 0.305 e. The predicted molar refractivity (Wildman–Crippen MR) is 52.1 cm³/mol. The SMILES string of the molecule is NC(COc1ccccc1F)CC(=O)O. The van der Waals surface area contributed by atoms with Gasteiger partial charge in [-0.15, -0.1) is 0 Å². The lowest BCUT2D eigenvalue weighted by Crippen LogP contribution is -2.30. The minimum Gasteiger partial charge on any atom is -0.489 e. The number of carbonyl (C=O) groups is 1. The molecule has 3 N–H and O–H groups in total. The number of nitrogens with two attached hydrogens (primary N) is 1. The van der Waals surface area contributed by atoms with Gasteiger partial charge >= 0.3 is 5.97 Å². The van der Waals surface area contributed by atoms with E-state index in [-0.39, 0.29) is 18.8 Å². The molecule has 0 spiro atoms. The maximum absolute atomic E-state index is 13.0. The van der Waals surface area contributed by atoms with Gasteiger partial charge in [0.1, 0.15) is 6.61 Å². The van der Waals surface area contributed by atoms with Gasteiger partial charge in [-0.05, 0) is 12.1 Å². The molecule has 82 valence electrons. The highest BCUT2D eigenvalue weighted by Crippen LogP contribution is 2.15. The van der Waals surface area contributed by atoms with Crippen molar-refractivity contribution in [2.24, 2.45) is 5.73 Å². The van der Waals surface area contributed by atoms with Crippen LogP contribution < -0.4 is 10.5 Å². The molecule has 0 radical (unpaired) electrons. The third kappa shape index (κ3) is 3.95. The van der Waals surface area contributed by atoms with Crippen molar-refractivity contribution >= 4 is 5.97 Å². The van der Waals surface area contributed by atoms with Gasteiger partial charge in [0.2, 0.25) is 0 Å². The quantitative estimate of drug-likeness (QED) is 0.765. The lowest BCUT2D eigenvalue weighted by Gasteiger charge is -2.11. The van der Waals surface area contributed by atoms with Crippen LogP contribution in [-0.4, -0.2) is 23.7 Å². The van der Waals surface area contributed by atoms with Crippen molar-refractivity contribution in [1.29, 1.82) is 0 Å². The van der Waals surface area contributed by atoms with Gasteiger partial charge in [0, 0.05) is 6.04 Å². The Balaban J connectivity index is 2.43. The van der Waals surface area contributed by atoms with Crippen molar-refractivity contribution < 1.29 is 19.0 Å². The number of rotatable bonds is 5. The van der Waals surface area contributed by atoms with Crippen LogP contribution in [0.4, 0.5) is 4.39 Å². The fraction of sp³-hybridized carbons (Fsp3) is 0.300. The molecule has 4 nitrogen and oxygen atoms in total. The number of aliphatic carboxylic acids is 1. The standard InChI is InChI=1S/C10H12FNO3/c11-8-3-1-2-4-9(8)15-6-7(12)5-10(13)14/h1-4,7H,5-6,12H2,(H,13,14). The molecule has 0 bridgehead atoms. The van der Waals surface area contributed by atoms with Gasteiger partial charge in [-0.3, -0.25) is 4.79 Å². The summed E-state index contributed by atoms with van der Waals surface area (Å²) in [5.41, 5.74) is 5.44. The third-order valence-corrected chi connectivity index (χ3v) is 1.73. The summed E-state index contributed by atoms with van der Waals surface area (Å²) in [5, 5.41) is 8.43. The molecular weight excluding hydrogens is 201 g/mol. The van der Waals surface area contributed by atoms with Gasteiger partial charge in [0.25, 0.3) is 0 Å². The molecule has 1 rings (SSSR count). The number of halogens is 1. The topological polar surface area (TPSA) is 72.5 Å². The van der Waals surface area contributed by atoms with Crippen molar-refractivity contribution in [2.75, 3.05) is 6.61 Å². The van der Waals surface area contributed by atoms with Crippen LogP contribution in [0, 0.1) is 5.82 Å². The Kier molecular flexibility index (Phi) is 4.05. The molecule has 5 heteroatoms. The Morgan fingerprint density at radius 1 is 1.53 bits per heavy atom. The minimum absolute atomic E-state index is 0.0206. The summed E-state index contributed by atoms with van der Waals surface area (Å²) in [6.45, 7) is -0.0206. The highest BCUT2D eigenvalue weighted by molar-refractivity contribution is 5.67. The molecule has 0 aromatic heterocycles. The molecule has 1 aromatic rings. The van der Waals surface area contributed by atoms with E-state index >= 15 is 0 Å². The second kappa shape index (κ2) is 5.31. The summed E-state index contributed by atoms with van der Waals surface area (Å²) in [6.07, 6.45) is -0.200. The zero-order chi connectivity index (χ0) is 11.3. The van der Waals surface area contributed by atoms with Gasteiger partial charge in [-0.2, -0.15) is 0 Å². The average Bonchev–Trinajstić information content (AvgIpc) is 2.15. The van der Waals surface area contributed by atoms with Crippen molar-refractivity contribution in [3.63, 3.8) is 0 Å². The van der Waals surface area contributed by atoms with Crippen LogP contribution in [0.1, 0.15) is 6.42 Å². The molecule has 0 amide bonds. The smallest absolute Gasteiger partial charge is 0.305 e. The van der Waals surface area contributed by atoms with Gasteiger partial charge in [0.15, 0.2) is 11.6 Å². The van der Waals surface area contributed by atoms with Crippen molar-refractivity contribution in [2.45, 2.75) is 12.5 Å². The minimum atomic E-state index is -1.00. The maximum atomic E-state index is 13.0. The Bertz CT molecular complexity index is 343. The molecule has 0 fully saturated rings. The molecule has 1 atom stereocenters. The largest absolute Gasteiger partial charge is 0.489 e. The summed E-state index contributed by atoms with van der Waals surface area (Å²) in [4.78, 5) is 10.3. The summed E-state index contributed by atoms with van der Waals surface area (Å²) in [7, 11) is 0. The third-order valence-electron chi connectivity index (χ3n) is 1.73. The van der Waals surface area contributed by atoms with Gasteiger partial charge in [-0.1, -0.05) is 12.1 Å². The first-order chi connectivity index (χ1) is 7.09. The Labute approximate surface area is 86.5 Å². The number of para-hydroxylation sites is 1. The van der Waals surface area contributed by atoms with Crippen LogP contribution in [0.2, 0.25) is 0 Å². The zero-order valence-corrected chi connectivity index (χ0v) is 8.02. The number of ether oxygens (including phenoxy) is 1. The predicted octanol–water partition coefficient (Wildman–Crippen LogP) is 1.01. The van der Waals surface area contributed by atoms with Crippen LogP contribution in [-0.2, 0) is 4.79 Å². The van der Waals surface area contributed by atoms with Crippen LogP contribution in [0.3, 0.4) is 0 Å². The van der Waals surface area contributed by atoms with Crippen molar-refractivity contribution in [1.82, 2.24) is 0 Å². The van der Waals surface area contributed by atoms with E-state index in [1.807, 2.05) is 0 Å². The highest BCUT2D eigenvalue weighted by atomic mass is 19.1. The van der Waals surface area contributed by atoms with Gasteiger partial charge in [-0.25, -0.2) is 4.39 Å². The first-order valence-electron chi connectivity index (χ1n) is 4.44. The second-order valence-corrected chi connectivity index (χ2v) is 3.10. The number of benzene rings is 1. The summed E-state index contributed by atoms with van der Waals surface area (Å²) >= 11 is 0. The van der Waals surface area contributed by atoms with E-state index in [4.69, 9.17) is 15.6 Å². The molecule has 1 aromatic carbocycles.